The van der Waals surface area contributed by atoms with Crippen LogP contribution >= 0.6 is 0 Å². The Morgan fingerprint density at radius 1 is 1.06 bits per heavy atom. The number of hydrogen-bond donors (Lipinski definition) is 3. The average Bonchev–Trinajstić information content (AvgIpc) is 2.75. The van der Waals surface area contributed by atoms with Gasteiger partial charge in [-0.25, -0.2) is 8.42 Å². The molecule has 0 spiro atoms. The lowest BCUT2D eigenvalue weighted by molar-refractivity contribution is -0.118. The largest absolute Gasteiger partial charge is 0.495 e. The van der Waals surface area contributed by atoms with Crippen LogP contribution in [0.3, 0.4) is 0 Å². The van der Waals surface area contributed by atoms with E-state index in [1.165, 1.54) is 26.2 Å². The van der Waals surface area contributed by atoms with Crippen LogP contribution in [0.25, 0.3) is 0 Å². The minimum absolute atomic E-state index is 0.112. The second-order valence-corrected chi connectivity index (χ2v) is 8.79. The molecule has 1 fully saturated rings. The summed E-state index contributed by atoms with van der Waals surface area (Å²) < 4.78 is 39.2. The van der Waals surface area contributed by atoms with Gasteiger partial charge in [0.15, 0.2) is 0 Å². The molecule has 2 aromatic carbocycles. The summed E-state index contributed by atoms with van der Waals surface area (Å²) in [5, 5.41) is 5.31. The van der Waals surface area contributed by atoms with Crippen LogP contribution in [0, 0.1) is 0 Å². The van der Waals surface area contributed by atoms with Gasteiger partial charge in [-0.3, -0.25) is 19.2 Å². The van der Waals surface area contributed by atoms with E-state index in [9.17, 15) is 18.0 Å². The summed E-state index contributed by atoms with van der Waals surface area (Å²) in [6, 6.07) is 10.8. The maximum atomic E-state index is 13.1. The summed E-state index contributed by atoms with van der Waals surface area (Å²) in [7, 11) is -2.75. The summed E-state index contributed by atoms with van der Waals surface area (Å²) in [4.78, 5) is 25.6. The predicted molar refractivity (Wildman–Crippen MR) is 120 cm³/mol. The summed E-state index contributed by atoms with van der Waals surface area (Å²) in [5.41, 5.74) is 0.840. The lowest BCUT2D eigenvalue weighted by atomic mass is 10.2. The van der Waals surface area contributed by atoms with Gasteiger partial charge in [-0.05, 0) is 30.3 Å². The molecule has 3 rings (SSSR count). The maximum absolute atomic E-state index is 13.1. The van der Waals surface area contributed by atoms with Crippen molar-refractivity contribution < 1.29 is 27.5 Å². The highest BCUT2D eigenvalue weighted by atomic mass is 32.2. The number of rotatable bonds is 8. The van der Waals surface area contributed by atoms with Gasteiger partial charge in [-0.15, -0.1) is 0 Å². The number of nitrogens with one attached hydrogen (secondary N) is 3. The molecule has 11 heteroatoms. The van der Waals surface area contributed by atoms with Gasteiger partial charge in [0, 0.05) is 25.7 Å². The van der Waals surface area contributed by atoms with Crippen LogP contribution in [0.2, 0.25) is 0 Å². The molecule has 172 valence electrons. The van der Waals surface area contributed by atoms with Crippen molar-refractivity contribution in [2.75, 3.05) is 55.3 Å². The highest BCUT2D eigenvalue weighted by molar-refractivity contribution is 7.92. The van der Waals surface area contributed by atoms with Crippen LogP contribution in [0.15, 0.2) is 47.4 Å². The van der Waals surface area contributed by atoms with Crippen molar-refractivity contribution >= 4 is 38.9 Å². The number of nitrogens with zero attached hydrogens (tertiary/aromatic N) is 1. The van der Waals surface area contributed by atoms with Crippen LogP contribution in [0.5, 0.6) is 5.75 Å². The molecule has 32 heavy (non-hydrogen) atoms. The number of anilines is 3. The first kappa shape index (κ1) is 23.5. The second-order valence-electron chi connectivity index (χ2n) is 7.13. The molecule has 1 aliphatic heterocycles. The Labute approximate surface area is 186 Å². The molecule has 0 saturated carbocycles. The van der Waals surface area contributed by atoms with Crippen molar-refractivity contribution in [3.05, 3.63) is 42.5 Å². The zero-order chi connectivity index (χ0) is 23.1. The van der Waals surface area contributed by atoms with Crippen molar-refractivity contribution in [3.63, 3.8) is 0 Å². The van der Waals surface area contributed by atoms with E-state index in [-0.39, 0.29) is 34.7 Å². The van der Waals surface area contributed by atoms with Crippen LogP contribution in [-0.2, 0) is 24.3 Å². The highest BCUT2D eigenvalue weighted by Gasteiger charge is 2.22. The Kier molecular flexibility index (Phi) is 7.67. The van der Waals surface area contributed by atoms with E-state index in [0.717, 1.165) is 0 Å². The quantitative estimate of drug-likeness (QED) is 0.545. The topological polar surface area (TPSA) is 126 Å². The van der Waals surface area contributed by atoms with Crippen LogP contribution in [0.4, 0.5) is 17.1 Å². The van der Waals surface area contributed by atoms with Gasteiger partial charge in [-0.1, -0.05) is 12.1 Å². The third kappa shape index (κ3) is 6.19. The SMILES string of the molecule is COc1ccc(NC(C)=O)cc1S(=O)(=O)Nc1ccccc1NC(=O)CN1CCOCC1. The smallest absolute Gasteiger partial charge is 0.265 e. The van der Waals surface area contributed by atoms with Gasteiger partial charge in [0.2, 0.25) is 11.8 Å². The van der Waals surface area contributed by atoms with E-state index in [4.69, 9.17) is 9.47 Å². The molecule has 2 amide bonds. The Morgan fingerprint density at radius 3 is 2.41 bits per heavy atom. The zero-order valence-corrected chi connectivity index (χ0v) is 18.7. The molecule has 0 bridgehead atoms. The number of carbonyl (C=O) groups excluding carboxylic acids is 2. The van der Waals surface area contributed by atoms with Crippen LogP contribution in [-0.4, -0.2) is 65.1 Å². The first-order valence-corrected chi connectivity index (χ1v) is 11.4. The van der Waals surface area contributed by atoms with Gasteiger partial charge < -0.3 is 20.1 Å². The lowest BCUT2D eigenvalue weighted by Gasteiger charge is -2.26. The third-order valence-corrected chi connectivity index (χ3v) is 6.08. The monoisotopic (exact) mass is 462 g/mol. The number of sulfonamides is 1. The maximum Gasteiger partial charge on any atom is 0.265 e. The Morgan fingerprint density at radius 2 is 1.75 bits per heavy atom. The molecule has 0 aromatic heterocycles. The Hall–Kier alpha value is -3.15. The standard InChI is InChI=1S/C21H26N4O6S/c1-15(26)22-16-7-8-19(30-2)20(13-16)32(28,29)24-18-6-4-3-5-17(18)23-21(27)14-25-9-11-31-12-10-25/h3-8,13,24H,9-12,14H2,1-2H3,(H,22,26)(H,23,27). The molecule has 10 nitrogen and oxygen atoms in total. The number of morpholine rings is 1. The number of hydrogen-bond acceptors (Lipinski definition) is 7. The average molecular weight is 463 g/mol. The summed E-state index contributed by atoms with van der Waals surface area (Å²) in [6.07, 6.45) is 0. The lowest BCUT2D eigenvalue weighted by Crippen LogP contribution is -2.41. The van der Waals surface area contributed by atoms with Gasteiger partial charge in [0.05, 0.1) is 38.2 Å². The van der Waals surface area contributed by atoms with E-state index in [0.29, 0.717) is 37.7 Å². The molecule has 1 aliphatic rings. The fraction of sp³-hybridized carbons (Fsp3) is 0.333. The Bertz CT molecular complexity index is 1080. The molecule has 0 unspecified atom stereocenters. The van der Waals surface area contributed by atoms with Crippen LogP contribution < -0.4 is 20.1 Å². The number of methoxy groups -OCH3 is 1. The summed E-state index contributed by atoms with van der Waals surface area (Å²) in [5.74, 6) is -0.482. The number of para-hydroxylation sites is 2. The van der Waals surface area contributed by atoms with E-state index >= 15 is 0 Å². The molecule has 1 saturated heterocycles. The zero-order valence-electron chi connectivity index (χ0n) is 17.9. The van der Waals surface area contributed by atoms with Crippen molar-refractivity contribution in [1.29, 1.82) is 0 Å². The van der Waals surface area contributed by atoms with E-state index in [1.54, 1.807) is 30.3 Å². The first-order valence-electron chi connectivity index (χ1n) is 9.96. The number of carbonyl (C=O) groups is 2. The van der Waals surface area contributed by atoms with Crippen molar-refractivity contribution in [1.82, 2.24) is 4.90 Å². The minimum Gasteiger partial charge on any atom is -0.495 e. The van der Waals surface area contributed by atoms with Gasteiger partial charge in [-0.2, -0.15) is 0 Å². The summed E-state index contributed by atoms with van der Waals surface area (Å²) in [6.45, 7) is 3.97. The molecule has 0 aliphatic carbocycles. The minimum atomic E-state index is -4.10. The molecular formula is C21H26N4O6S. The predicted octanol–water partition coefficient (Wildman–Crippen LogP) is 1.73. The fourth-order valence-electron chi connectivity index (χ4n) is 3.20. The van der Waals surface area contributed by atoms with Crippen molar-refractivity contribution in [3.8, 4) is 5.75 Å². The number of ether oxygens (including phenoxy) is 2. The van der Waals surface area contributed by atoms with Crippen molar-refractivity contribution in [2.45, 2.75) is 11.8 Å². The number of benzene rings is 2. The molecule has 0 atom stereocenters. The van der Waals surface area contributed by atoms with Gasteiger partial charge >= 0.3 is 0 Å². The van der Waals surface area contributed by atoms with E-state index < -0.39 is 10.0 Å². The molecule has 2 aromatic rings. The fourth-order valence-corrected chi connectivity index (χ4v) is 4.48. The second kappa shape index (κ2) is 10.4. The first-order chi connectivity index (χ1) is 15.3. The molecule has 3 N–H and O–H groups in total. The van der Waals surface area contributed by atoms with Crippen molar-refractivity contribution in [2.24, 2.45) is 0 Å². The van der Waals surface area contributed by atoms with Gasteiger partial charge in [0.25, 0.3) is 10.0 Å². The summed E-state index contributed by atoms with van der Waals surface area (Å²) >= 11 is 0. The Balaban J connectivity index is 1.81. The number of amides is 2. The van der Waals surface area contributed by atoms with E-state index in [1.807, 2.05) is 4.90 Å². The van der Waals surface area contributed by atoms with Crippen LogP contribution in [0.1, 0.15) is 6.92 Å². The van der Waals surface area contributed by atoms with E-state index in [2.05, 4.69) is 15.4 Å². The van der Waals surface area contributed by atoms with Gasteiger partial charge in [0.1, 0.15) is 10.6 Å². The molecular weight excluding hydrogens is 436 g/mol. The highest BCUT2D eigenvalue weighted by Crippen LogP contribution is 2.31. The third-order valence-electron chi connectivity index (χ3n) is 4.69. The molecule has 1 heterocycles. The normalized spacial score (nSPS) is 14.4. The molecule has 0 radical (unpaired) electrons.